The third-order valence-electron chi connectivity index (χ3n) is 3.92. The largest absolute Gasteiger partial charge is 0.444 e. The highest BCUT2D eigenvalue weighted by Crippen LogP contribution is 2.42. The number of amides is 2. The number of nitrogens with zero attached hydrogens (tertiary/aromatic N) is 1. The summed E-state index contributed by atoms with van der Waals surface area (Å²) in [4.78, 5) is 26.0. The number of hydrogen-bond donors (Lipinski definition) is 1. The second-order valence-electron chi connectivity index (χ2n) is 7.89. The van der Waals surface area contributed by atoms with E-state index in [1.54, 1.807) is 39.8 Å². The molecule has 23 heavy (non-hydrogen) atoms. The van der Waals surface area contributed by atoms with Gasteiger partial charge >= 0.3 is 6.09 Å². The lowest BCUT2D eigenvalue weighted by Gasteiger charge is -2.26. The molecule has 0 aromatic carbocycles. The number of hydrogen-bond acceptors (Lipinski definition) is 5. The highest BCUT2D eigenvalue weighted by atomic mass is 16.8. The Labute approximate surface area is 137 Å². The molecule has 7 heteroatoms. The molecule has 0 spiro atoms. The third kappa shape index (κ3) is 4.14. The normalized spacial score (nSPS) is 32.3. The molecule has 2 amide bonds. The zero-order valence-corrected chi connectivity index (χ0v) is 15.0. The Kier molecular flexibility index (Phi) is 4.65. The summed E-state index contributed by atoms with van der Waals surface area (Å²) >= 11 is 0. The van der Waals surface area contributed by atoms with Crippen LogP contribution in [0.15, 0.2) is 0 Å². The van der Waals surface area contributed by atoms with Crippen LogP contribution >= 0.6 is 0 Å². The van der Waals surface area contributed by atoms with Crippen LogP contribution in [-0.2, 0) is 19.0 Å². The Hall–Kier alpha value is -1.34. The Bertz CT molecular complexity index is 483. The average Bonchev–Trinajstić information content (AvgIpc) is 2.80. The predicted octanol–water partition coefficient (Wildman–Crippen LogP) is 1.51. The maximum atomic E-state index is 12.4. The molecule has 1 saturated carbocycles. The van der Waals surface area contributed by atoms with E-state index in [1.807, 2.05) is 13.8 Å². The summed E-state index contributed by atoms with van der Waals surface area (Å²) in [6, 6.07) is -0.314. The van der Waals surface area contributed by atoms with Gasteiger partial charge < -0.3 is 24.4 Å². The number of alkyl carbamates (subject to hydrolysis) is 1. The number of carbonyl (C=O) groups excluding carboxylic acids is 2. The van der Waals surface area contributed by atoms with Crippen molar-refractivity contribution in [2.75, 3.05) is 14.1 Å². The molecule has 0 aromatic heterocycles. The van der Waals surface area contributed by atoms with Gasteiger partial charge in [-0.3, -0.25) is 4.79 Å². The van der Waals surface area contributed by atoms with Gasteiger partial charge in [-0.2, -0.15) is 0 Å². The molecule has 0 bridgehead atoms. The van der Waals surface area contributed by atoms with E-state index in [-0.39, 0.29) is 30.1 Å². The summed E-state index contributed by atoms with van der Waals surface area (Å²) in [6.07, 6.45) is -0.749. The molecule has 0 unspecified atom stereocenters. The van der Waals surface area contributed by atoms with Crippen LogP contribution in [-0.4, -0.2) is 60.6 Å². The first-order chi connectivity index (χ1) is 10.4. The summed E-state index contributed by atoms with van der Waals surface area (Å²) in [5, 5.41) is 2.83. The molecule has 1 saturated heterocycles. The van der Waals surface area contributed by atoms with Crippen LogP contribution in [0, 0.1) is 5.92 Å². The number of nitrogens with one attached hydrogen (secondary N) is 1. The van der Waals surface area contributed by atoms with Gasteiger partial charge in [0.15, 0.2) is 5.79 Å². The van der Waals surface area contributed by atoms with E-state index in [0.29, 0.717) is 6.42 Å². The second kappa shape index (κ2) is 5.94. The molecule has 1 aliphatic heterocycles. The molecule has 2 aliphatic rings. The molecule has 4 atom stereocenters. The zero-order valence-electron chi connectivity index (χ0n) is 15.0. The average molecular weight is 328 g/mol. The van der Waals surface area contributed by atoms with Crippen molar-refractivity contribution in [1.82, 2.24) is 10.2 Å². The summed E-state index contributed by atoms with van der Waals surface area (Å²) in [5.41, 5.74) is -0.576. The highest BCUT2D eigenvalue weighted by molar-refractivity contribution is 5.80. The van der Waals surface area contributed by atoms with E-state index >= 15 is 0 Å². The van der Waals surface area contributed by atoms with Gasteiger partial charge in [0.1, 0.15) is 17.8 Å². The number of fused-ring (bicyclic) bond motifs is 1. The van der Waals surface area contributed by atoms with E-state index in [4.69, 9.17) is 14.2 Å². The number of rotatable bonds is 2. The monoisotopic (exact) mass is 328 g/mol. The smallest absolute Gasteiger partial charge is 0.407 e. The first kappa shape index (κ1) is 18.0. The number of ether oxygens (including phenoxy) is 3. The summed E-state index contributed by atoms with van der Waals surface area (Å²) in [5.74, 6) is -1.12. The maximum absolute atomic E-state index is 12.4. The molecule has 0 aromatic rings. The van der Waals surface area contributed by atoms with Crippen LogP contribution in [0.25, 0.3) is 0 Å². The lowest BCUT2D eigenvalue weighted by Crippen LogP contribution is -2.45. The molecule has 1 heterocycles. The fraction of sp³-hybridized carbons (Fsp3) is 0.875. The van der Waals surface area contributed by atoms with Crippen LogP contribution < -0.4 is 5.32 Å². The van der Waals surface area contributed by atoms with Crippen LogP contribution in [0.3, 0.4) is 0 Å². The van der Waals surface area contributed by atoms with Gasteiger partial charge in [-0.25, -0.2) is 4.79 Å². The Morgan fingerprint density at radius 3 is 2.26 bits per heavy atom. The first-order valence-electron chi connectivity index (χ1n) is 7.96. The Morgan fingerprint density at radius 2 is 1.74 bits per heavy atom. The first-order valence-corrected chi connectivity index (χ1v) is 7.96. The van der Waals surface area contributed by atoms with Gasteiger partial charge in [0.25, 0.3) is 0 Å². The summed E-state index contributed by atoms with van der Waals surface area (Å²) in [6.45, 7) is 9.04. The Morgan fingerprint density at radius 1 is 1.17 bits per heavy atom. The van der Waals surface area contributed by atoms with Gasteiger partial charge in [0, 0.05) is 14.1 Å². The van der Waals surface area contributed by atoms with Crippen molar-refractivity contribution in [1.29, 1.82) is 0 Å². The molecule has 2 fully saturated rings. The Balaban J connectivity index is 2.12. The minimum absolute atomic E-state index is 0.0187. The van der Waals surface area contributed by atoms with Gasteiger partial charge in [-0.15, -0.1) is 0 Å². The molecular weight excluding hydrogens is 300 g/mol. The van der Waals surface area contributed by atoms with E-state index in [9.17, 15) is 9.59 Å². The third-order valence-corrected chi connectivity index (χ3v) is 3.92. The SMILES string of the molecule is CN(C)C(=O)[C@H]1C[C@@H](NC(=O)OC(C)(C)C)[C@@H]2OC(C)(C)O[C@@H]21. The predicted molar refractivity (Wildman–Crippen MR) is 83.8 cm³/mol. The van der Waals surface area contributed by atoms with E-state index < -0.39 is 17.5 Å². The fourth-order valence-corrected chi connectivity index (χ4v) is 3.15. The summed E-state index contributed by atoms with van der Waals surface area (Å²) in [7, 11) is 3.43. The van der Waals surface area contributed by atoms with E-state index in [1.165, 1.54) is 0 Å². The quantitative estimate of drug-likeness (QED) is 0.831. The molecule has 7 nitrogen and oxygen atoms in total. The molecule has 0 radical (unpaired) electrons. The van der Waals surface area contributed by atoms with Crippen molar-refractivity contribution in [2.45, 2.75) is 70.7 Å². The van der Waals surface area contributed by atoms with E-state index in [2.05, 4.69) is 5.32 Å². The van der Waals surface area contributed by atoms with Gasteiger partial charge in [-0.05, 0) is 41.0 Å². The molecule has 1 aliphatic carbocycles. The van der Waals surface area contributed by atoms with Crippen LogP contribution in [0.2, 0.25) is 0 Å². The minimum Gasteiger partial charge on any atom is -0.444 e. The minimum atomic E-state index is -0.769. The van der Waals surface area contributed by atoms with Crippen LogP contribution in [0.5, 0.6) is 0 Å². The van der Waals surface area contributed by atoms with Crippen molar-refractivity contribution in [3.05, 3.63) is 0 Å². The molecule has 1 N–H and O–H groups in total. The molecular formula is C16H28N2O5. The number of carbonyl (C=O) groups is 2. The lowest BCUT2D eigenvalue weighted by atomic mass is 10.0. The van der Waals surface area contributed by atoms with Crippen molar-refractivity contribution < 1.29 is 23.8 Å². The van der Waals surface area contributed by atoms with Crippen molar-refractivity contribution in [3.63, 3.8) is 0 Å². The second-order valence-corrected chi connectivity index (χ2v) is 7.89. The summed E-state index contributed by atoms with van der Waals surface area (Å²) < 4.78 is 17.1. The molecule has 132 valence electrons. The van der Waals surface area contributed by atoms with Crippen LogP contribution in [0.1, 0.15) is 41.0 Å². The molecule has 2 rings (SSSR count). The maximum Gasteiger partial charge on any atom is 0.407 e. The highest BCUT2D eigenvalue weighted by Gasteiger charge is 2.56. The van der Waals surface area contributed by atoms with Crippen LogP contribution in [0.4, 0.5) is 4.79 Å². The van der Waals surface area contributed by atoms with Gasteiger partial charge in [0.05, 0.1) is 12.0 Å². The topological polar surface area (TPSA) is 77.1 Å². The standard InChI is InChI=1S/C16H28N2O5/c1-15(2,3)23-14(20)17-10-8-9(13(19)18(6)7)11-12(10)22-16(4,5)21-11/h9-12H,8H2,1-7H3,(H,17,20)/t9-,10+,11+,12-/m0/s1. The van der Waals surface area contributed by atoms with Gasteiger partial charge in [-0.1, -0.05) is 0 Å². The van der Waals surface area contributed by atoms with Crippen molar-refractivity contribution in [2.24, 2.45) is 5.92 Å². The lowest BCUT2D eigenvalue weighted by molar-refractivity contribution is -0.163. The zero-order chi connectivity index (χ0) is 17.6. The van der Waals surface area contributed by atoms with Crippen molar-refractivity contribution in [3.8, 4) is 0 Å². The fourth-order valence-electron chi connectivity index (χ4n) is 3.15. The van der Waals surface area contributed by atoms with E-state index in [0.717, 1.165) is 0 Å². The van der Waals surface area contributed by atoms with Crippen molar-refractivity contribution >= 4 is 12.0 Å². The van der Waals surface area contributed by atoms with Gasteiger partial charge in [0.2, 0.25) is 5.91 Å².